The molecular weight excluding hydrogens is 222 g/mol. The quantitative estimate of drug-likeness (QED) is 0.689. The van der Waals surface area contributed by atoms with E-state index in [0.29, 0.717) is 17.6 Å². The summed E-state index contributed by atoms with van der Waals surface area (Å²) in [5.74, 6) is -0.466. The summed E-state index contributed by atoms with van der Waals surface area (Å²) >= 11 is 0. The van der Waals surface area contributed by atoms with E-state index in [1.165, 1.54) is 0 Å². The van der Waals surface area contributed by atoms with E-state index in [1.54, 1.807) is 12.1 Å². The minimum absolute atomic E-state index is 0.0637. The number of hydrogen-bond acceptors (Lipinski definition) is 5. The number of aliphatic hydroxyl groups is 1. The number of nitrogens with one attached hydrogen (secondary N) is 1. The minimum Gasteiger partial charge on any atom is -0.408 e. The van der Waals surface area contributed by atoms with E-state index in [0.717, 1.165) is 5.69 Å². The molecule has 0 bridgehead atoms. The number of oxazole rings is 1. The lowest BCUT2D eigenvalue weighted by Gasteiger charge is -2.22. The first-order valence-corrected chi connectivity index (χ1v) is 5.30. The second-order valence-electron chi connectivity index (χ2n) is 4.02. The van der Waals surface area contributed by atoms with Gasteiger partial charge in [0.05, 0.1) is 12.1 Å². The monoisotopic (exact) mass is 237 g/mol. The van der Waals surface area contributed by atoms with E-state index in [9.17, 15) is 4.79 Å². The highest BCUT2D eigenvalue weighted by molar-refractivity contribution is 5.76. The second-order valence-corrected chi connectivity index (χ2v) is 4.02. The lowest BCUT2D eigenvalue weighted by Crippen LogP contribution is -2.37. The van der Waals surface area contributed by atoms with Gasteiger partial charge in [-0.05, 0) is 12.1 Å². The van der Waals surface area contributed by atoms with E-state index < -0.39 is 5.76 Å². The molecule has 1 unspecified atom stereocenters. The molecule has 2 aromatic rings. The van der Waals surface area contributed by atoms with E-state index in [2.05, 4.69) is 4.98 Å². The SMILES string of the molecule is CN(CC(N)CO)c1ccc2[nH]c(=O)oc2c1. The van der Waals surface area contributed by atoms with Crippen LogP contribution in [0.5, 0.6) is 0 Å². The Morgan fingerprint density at radius 1 is 1.59 bits per heavy atom. The number of nitrogens with two attached hydrogens (primary N) is 1. The van der Waals surface area contributed by atoms with Gasteiger partial charge < -0.3 is 20.2 Å². The summed E-state index contributed by atoms with van der Waals surface area (Å²) < 4.78 is 4.97. The molecule has 1 atom stereocenters. The minimum atomic E-state index is -0.466. The Morgan fingerprint density at radius 2 is 2.35 bits per heavy atom. The molecule has 0 aliphatic carbocycles. The normalized spacial score (nSPS) is 12.9. The maximum Gasteiger partial charge on any atom is 0.417 e. The largest absolute Gasteiger partial charge is 0.417 e. The standard InChI is InChI=1S/C11H15N3O3/c1-14(5-7(12)6-15)8-2-3-9-10(4-8)17-11(16)13-9/h2-4,7,15H,5-6,12H2,1H3,(H,13,16). The smallest absolute Gasteiger partial charge is 0.408 e. The van der Waals surface area contributed by atoms with Crippen LogP contribution >= 0.6 is 0 Å². The lowest BCUT2D eigenvalue weighted by atomic mass is 10.2. The molecule has 0 aliphatic rings. The van der Waals surface area contributed by atoms with Crippen molar-refractivity contribution in [2.45, 2.75) is 6.04 Å². The van der Waals surface area contributed by atoms with Crippen molar-refractivity contribution in [2.24, 2.45) is 5.73 Å². The van der Waals surface area contributed by atoms with E-state index >= 15 is 0 Å². The molecule has 2 rings (SSSR count). The van der Waals surface area contributed by atoms with Gasteiger partial charge in [-0.25, -0.2) is 4.79 Å². The molecule has 4 N–H and O–H groups in total. The molecule has 92 valence electrons. The molecule has 6 nitrogen and oxygen atoms in total. The van der Waals surface area contributed by atoms with Crippen molar-refractivity contribution >= 4 is 16.8 Å². The number of aliphatic hydroxyl groups excluding tert-OH is 1. The fraction of sp³-hybridized carbons (Fsp3) is 0.364. The van der Waals surface area contributed by atoms with Gasteiger partial charge in [-0.15, -0.1) is 0 Å². The van der Waals surface area contributed by atoms with Gasteiger partial charge in [0.1, 0.15) is 0 Å². The van der Waals surface area contributed by atoms with Gasteiger partial charge in [0.25, 0.3) is 0 Å². The molecule has 0 radical (unpaired) electrons. The summed E-state index contributed by atoms with van der Waals surface area (Å²) in [6.07, 6.45) is 0. The topological polar surface area (TPSA) is 95.5 Å². The Labute approximate surface area is 97.6 Å². The molecule has 0 spiro atoms. The summed E-state index contributed by atoms with van der Waals surface area (Å²) in [7, 11) is 1.86. The van der Waals surface area contributed by atoms with Crippen LogP contribution in [0.15, 0.2) is 27.4 Å². The van der Waals surface area contributed by atoms with Crippen LogP contribution in [-0.4, -0.2) is 36.3 Å². The highest BCUT2D eigenvalue weighted by atomic mass is 16.4. The number of H-pyrrole nitrogens is 1. The van der Waals surface area contributed by atoms with Crippen LogP contribution < -0.4 is 16.4 Å². The Balaban J connectivity index is 2.26. The molecule has 0 fully saturated rings. The third-order valence-electron chi connectivity index (χ3n) is 2.59. The Morgan fingerprint density at radius 3 is 3.06 bits per heavy atom. The molecule has 0 aliphatic heterocycles. The van der Waals surface area contributed by atoms with Crippen LogP contribution in [0.4, 0.5) is 5.69 Å². The summed E-state index contributed by atoms with van der Waals surface area (Å²) in [4.78, 5) is 15.5. The van der Waals surface area contributed by atoms with Crippen LogP contribution in [0, 0.1) is 0 Å². The number of fused-ring (bicyclic) bond motifs is 1. The lowest BCUT2D eigenvalue weighted by molar-refractivity contribution is 0.267. The fourth-order valence-corrected chi connectivity index (χ4v) is 1.69. The first-order valence-electron chi connectivity index (χ1n) is 5.30. The number of aromatic amines is 1. The molecule has 1 heterocycles. The number of hydrogen-bond donors (Lipinski definition) is 3. The van der Waals surface area contributed by atoms with Crippen LogP contribution in [0.2, 0.25) is 0 Å². The van der Waals surface area contributed by atoms with Gasteiger partial charge in [-0.2, -0.15) is 0 Å². The highest BCUT2D eigenvalue weighted by Gasteiger charge is 2.08. The average Bonchev–Trinajstić information content (AvgIpc) is 2.67. The average molecular weight is 237 g/mol. The van der Waals surface area contributed by atoms with Crippen molar-refractivity contribution in [3.05, 3.63) is 28.7 Å². The molecule has 17 heavy (non-hydrogen) atoms. The summed E-state index contributed by atoms with van der Waals surface area (Å²) in [6, 6.07) is 5.10. The number of anilines is 1. The highest BCUT2D eigenvalue weighted by Crippen LogP contribution is 2.19. The predicted molar refractivity (Wildman–Crippen MR) is 65.2 cm³/mol. The first-order chi connectivity index (χ1) is 8.10. The maximum atomic E-state index is 11.0. The van der Waals surface area contributed by atoms with Gasteiger partial charge in [-0.3, -0.25) is 4.98 Å². The summed E-state index contributed by atoms with van der Waals surface area (Å²) in [5.41, 5.74) is 7.71. The van der Waals surface area contributed by atoms with Gasteiger partial charge in [0, 0.05) is 31.4 Å². The Bertz CT molecular complexity index is 560. The van der Waals surface area contributed by atoms with E-state index in [1.807, 2.05) is 18.0 Å². The Kier molecular flexibility index (Phi) is 3.16. The number of benzene rings is 1. The maximum absolute atomic E-state index is 11.0. The van der Waals surface area contributed by atoms with Gasteiger partial charge in [0.2, 0.25) is 0 Å². The van der Waals surface area contributed by atoms with Crippen LogP contribution in [0.25, 0.3) is 11.1 Å². The van der Waals surface area contributed by atoms with Crippen molar-refractivity contribution in [2.75, 3.05) is 25.1 Å². The van der Waals surface area contributed by atoms with E-state index in [-0.39, 0.29) is 12.6 Å². The van der Waals surface area contributed by atoms with Gasteiger partial charge in [0.15, 0.2) is 5.58 Å². The number of aromatic nitrogens is 1. The predicted octanol–water partition coefficient (Wildman–Crippen LogP) is -0.123. The first kappa shape index (κ1) is 11.7. The summed E-state index contributed by atoms with van der Waals surface area (Å²) in [6.45, 7) is 0.461. The van der Waals surface area contributed by atoms with Crippen molar-refractivity contribution in [1.29, 1.82) is 0 Å². The molecule has 1 aromatic heterocycles. The van der Waals surface area contributed by atoms with Gasteiger partial charge >= 0.3 is 5.76 Å². The number of rotatable bonds is 4. The summed E-state index contributed by atoms with van der Waals surface area (Å²) in [5, 5.41) is 8.89. The zero-order chi connectivity index (χ0) is 12.4. The third kappa shape index (κ3) is 2.48. The van der Waals surface area contributed by atoms with Crippen molar-refractivity contribution in [3.8, 4) is 0 Å². The number of likely N-dealkylation sites (N-methyl/N-ethyl adjacent to an activating group) is 1. The molecule has 1 aromatic carbocycles. The van der Waals surface area contributed by atoms with E-state index in [4.69, 9.17) is 15.3 Å². The van der Waals surface area contributed by atoms with Crippen LogP contribution in [-0.2, 0) is 0 Å². The third-order valence-corrected chi connectivity index (χ3v) is 2.59. The van der Waals surface area contributed by atoms with Crippen molar-refractivity contribution in [1.82, 2.24) is 4.98 Å². The van der Waals surface area contributed by atoms with Gasteiger partial charge in [-0.1, -0.05) is 0 Å². The van der Waals surface area contributed by atoms with Crippen LogP contribution in [0.1, 0.15) is 0 Å². The Hall–Kier alpha value is -1.79. The molecule has 6 heteroatoms. The zero-order valence-electron chi connectivity index (χ0n) is 9.51. The molecule has 0 amide bonds. The van der Waals surface area contributed by atoms with Crippen molar-refractivity contribution < 1.29 is 9.52 Å². The number of nitrogens with zero attached hydrogens (tertiary/aromatic N) is 1. The second kappa shape index (κ2) is 4.60. The molecule has 0 saturated heterocycles. The molecular formula is C11H15N3O3. The van der Waals surface area contributed by atoms with Crippen molar-refractivity contribution in [3.63, 3.8) is 0 Å². The molecule has 0 saturated carbocycles. The van der Waals surface area contributed by atoms with Crippen LogP contribution in [0.3, 0.4) is 0 Å². The zero-order valence-corrected chi connectivity index (χ0v) is 9.51. The fourth-order valence-electron chi connectivity index (χ4n) is 1.69.